The number of anilines is 1. The highest BCUT2D eigenvalue weighted by Gasteiger charge is 2.01. The van der Waals surface area contributed by atoms with Gasteiger partial charge in [-0.3, -0.25) is 0 Å². The Kier molecular flexibility index (Phi) is 6.21. The predicted octanol–water partition coefficient (Wildman–Crippen LogP) is 2.38. The van der Waals surface area contributed by atoms with Gasteiger partial charge in [-0.25, -0.2) is 14.8 Å². The lowest BCUT2D eigenvalue weighted by atomic mass is 10.2. The van der Waals surface area contributed by atoms with Gasteiger partial charge in [0.05, 0.1) is 6.20 Å². The fraction of sp³-hybridized carbons (Fsp3) is 0.188. The second-order valence-corrected chi connectivity index (χ2v) is 4.85. The number of nitrogens with one attached hydrogen (secondary N) is 1. The van der Waals surface area contributed by atoms with Crippen LogP contribution in [0.2, 0.25) is 5.15 Å². The van der Waals surface area contributed by atoms with Crippen LogP contribution in [-0.4, -0.2) is 22.6 Å². The highest BCUT2D eigenvalue weighted by molar-refractivity contribution is 6.29. The molecule has 0 radical (unpaired) electrons. The summed E-state index contributed by atoms with van der Waals surface area (Å²) >= 11 is 5.65. The minimum Gasteiger partial charge on any atom is -0.445 e. The van der Waals surface area contributed by atoms with Crippen molar-refractivity contribution < 1.29 is 9.53 Å². The Morgan fingerprint density at radius 3 is 2.87 bits per heavy atom. The Morgan fingerprint density at radius 1 is 1.35 bits per heavy atom. The molecule has 0 aliphatic rings. The monoisotopic (exact) mass is 330 g/mol. The summed E-state index contributed by atoms with van der Waals surface area (Å²) in [5.41, 5.74) is 6.92. The van der Waals surface area contributed by atoms with E-state index in [1.54, 1.807) is 0 Å². The highest BCUT2D eigenvalue weighted by Crippen LogP contribution is 2.08. The lowest BCUT2D eigenvalue weighted by Crippen LogP contribution is -2.24. The molecule has 0 aliphatic carbocycles. The van der Waals surface area contributed by atoms with Gasteiger partial charge in [-0.2, -0.15) is 0 Å². The molecule has 0 atom stereocenters. The molecule has 1 heterocycles. The van der Waals surface area contributed by atoms with Crippen molar-refractivity contribution in [3.8, 4) is 11.8 Å². The van der Waals surface area contributed by atoms with Crippen molar-refractivity contribution in [1.29, 1.82) is 0 Å². The van der Waals surface area contributed by atoms with E-state index in [1.165, 1.54) is 6.20 Å². The van der Waals surface area contributed by atoms with Gasteiger partial charge in [0.15, 0.2) is 11.5 Å². The third kappa shape index (κ3) is 5.85. The number of halogens is 1. The predicted molar refractivity (Wildman–Crippen MR) is 87.6 cm³/mol. The molecule has 0 aliphatic heterocycles. The zero-order valence-corrected chi connectivity index (χ0v) is 13.0. The SMILES string of the molecule is Nc1nc(Cl)cnc1C#CCCNC(=O)OCc1ccccc1. The van der Waals surface area contributed by atoms with E-state index in [2.05, 4.69) is 27.1 Å². The number of nitrogens with two attached hydrogens (primary N) is 1. The number of benzene rings is 1. The first-order valence-electron chi connectivity index (χ1n) is 6.86. The molecule has 0 unspecified atom stereocenters. The molecule has 2 aromatic rings. The van der Waals surface area contributed by atoms with Crippen molar-refractivity contribution in [2.45, 2.75) is 13.0 Å². The van der Waals surface area contributed by atoms with Crippen LogP contribution in [0.4, 0.5) is 10.6 Å². The van der Waals surface area contributed by atoms with Crippen LogP contribution in [-0.2, 0) is 11.3 Å². The smallest absolute Gasteiger partial charge is 0.407 e. The van der Waals surface area contributed by atoms with Gasteiger partial charge in [-0.1, -0.05) is 47.9 Å². The zero-order chi connectivity index (χ0) is 16.5. The van der Waals surface area contributed by atoms with Crippen LogP contribution in [0, 0.1) is 11.8 Å². The Labute approximate surface area is 139 Å². The van der Waals surface area contributed by atoms with E-state index in [1.807, 2.05) is 30.3 Å². The van der Waals surface area contributed by atoms with Crippen LogP contribution in [0.1, 0.15) is 17.7 Å². The molecule has 1 aromatic heterocycles. The second kappa shape index (κ2) is 8.61. The standard InChI is InChI=1S/C16H15ClN4O2/c17-14-10-20-13(15(18)21-14)8-4-5-9-19-16(22)23-11-12-6-2-1-3-7-12/h1-3,6-7,10H,5,9,11H2,(H2,18,21)(H,19,22). The molecule has 1 aromatic carbocycles. The Hall–Kier alpha value is -2.78. The quantitative estimate of drug-likeness (QED) is 0.663. The van der Waals surface area contributed by atoms with Gasteiger partial charge in [-0.05, 0) is 11.5 Å². The number of aromatic nitrogens is 2. The summed E-state index contributed by atoms with van der Waals surface area (Å²) in [5, 5.41) is 2.83. The summed E-state index contributed by atoms with van der Waals surface area (Å²) < 4.78 is 5.07. The lowest BCUT2D eigenvalue weighted by molar-refractivity contribution is 0.140. The summed E-state index contributed by atoms with van der Waals surface area (Å²) in [4.78, 5) is 19.3. The van der Waals surface area contributed by atoms with E-state index in [9.17, 15) is 4.79 Å². The van der Waals surface area contributed by atoms with Crippen molar-refractivity contribution in [2.24, 2.45) is 0 Å². The summed E-state index contributed by atoms with van der Waals surface area (Å²) in [6, 6.07) is 9.45. The van der Waals surface area contributed by atoms with Gasteiger partial charge in [0.2, 0.25) is 0 Å². The molecule has 0 saturated carbocycles. The van der Waals surface area contributed by atoms with Crippen LogP contribution in [0.3, 0.4) is 0 Å². The maximum Gasteiger partial charge on any atom is 0.407 e. The van der Waals surface area contributed by atoms with E-state index in [4.69, 9.17) is 22.1 Å². The van der Waals surface area contributed by atoms with Gasteiger partial charge >= 0.3 is 6.09 Å². The minimum absolute atomic E-state index is 0.181. The maximum absolute atomic E-state index is 11.5. The third-order valence-corrected chi connectivity index (χ3v) is 2.89. The maximum atomic E-state index is 11.5. The van der Waals surface area contributed by atoms with E-state index in [-0.39, 0.29) is 17.6 Å². The highest BCUT2D eigenvalue weighted by atomic mass is 35.5. The number of nitrogen functional groups attached to an aromatic ring is 1. The van der Waals surface area contributed by atoms with E-state index >= 15 is 0 Å². The summed E-state index contributed by atoms with van der Waals surface area (Å²) in [6.07, 6.45) is 1.33. The third-order valence-electron chi connectivity index (χ3n) is 2.71. The Bertz CT molecular complexity index is 726. The number of amides is 1. The number of carbonyl (C=O) groups excluding carboxylic acids is 1. The van der Waals surface area contributed by atoms with E-state index < -0.39 is 6.09 Å². The van der Waals surface area contributed by atoms with Crippen molar-refractivity contribution in [1.82, 2.24) is 15.3 Å². The Morgan fingerprint density at radius 2 is 2.13 bits per heavy atom. The first-order valence-corrected chi connectivity index (χ1v) is 7.24. The van der Waals surface area contributed by atoms with Gasteiger partial charge in [-0.15, -0.1) is 0 Å². The van der Waals surface area contributed by atoms with Crippen LogP contribution in [0.15, 0.2) is 36.5 Å². The van der Waals surface area contributed by atoms with Crippen LogP contribution >= 0.6 is 11.6 Å². The van der Waals surface area contributed by atoms with Gasteiger partial charge in [0.25, 0.3) is 0 Å². The molecule has 3 N–H and O–H groups in total. The molecule has 6 nitrogen and oxygen atoms in total. The van der Waals surface area contributed by atoms with E-state index in [0.29, 0.717) is 18.7 Å². The van der Waals surface area contributed by atoms with Crippen molar-refractivity contribution in [3.05, 3.63) is 52.9 Å². The lowest BCUT2D eigenvalue weighted by Gasteiger charge is -2.05. The molecule has 0 spiro atoms. The van der Waals surface area contributed by atoms with Gasteiger partial charge < -0.3 is 15.8 Å². The molecular weight excluding hydrogens is 316 g/mol. The number of hydrogen-bond donors (Lipinski definition) is 2. The number of carbonyl (C=O) groups is 1. The van der Waals surface area contributed by atoms with Crippen LogP contribution in [0.25, 0.3) is 0 Å². The van der Waals surface area contributed by atoms with Crippen molar-refractivity contribution >= 4 is 23.5 Å². The molecule has 118 valence electrons. The number of hydrogen-bond acceptors (Lipinski definition) is 5. The molecule has 0 saturated heterocycles. The van der Waals surface area contributed by atoms with Crippen LogP contribution in [0.5, 0.6) is 0 Å². The summed E-state index contributed by atoms with van der Waals surface area (Å²) in [6.45, 7) is 0.594. The number of ether oxygens (including phenoxy) is 1. The number of alkyl carbamates (subject to hydrolysis) is 1. The average molecular weight is 331 g/mol. The fourth-order valence-electron chi connectivity index (χ4n) is 1.62. The largest absolute Gasteiger partial charge is 0.445 e. The molecule has 1 amide bonds. The Balaban J connectivity index is 1.69. The molecule has 0 bridgehead atoms. The topological polar surface area (TPSA) is 90.1 Å². The molecule has 23 heavy (non-hydrogen) atoms. The van der Waals surface area contributed by atoms with Crippen LogP contribution < -0.4 is 11.1 Å². The van der Waals surface area contributed by atoms with Crippen molar-refractivity contribution in [3.63, 3.8) is 0 Å². The van der Waals surface area contributed by atoms with Gasteiger partial charge in [0, 0.05) is 13.0 Å². The van der Waals surface area contributed by atoms with Gasteiger partial charge in [0.1, 0.15) is 11.8 Å². The fourth-order valence-corrected chi connectivity index (χ4v) is 1.76. The molecule has 7 heteroatoms. The summed E-state index contributed by atoms with van der Waals surface area (Å²) in [5.74, 6) is 5.80. The zero-order valence-electron chi connectivity index (χ0n) is 12.3. The van der Waals surface area contributed by atoms with E-state index in [0.717, 1.165) is 5.56 Å². The average Bonchev–Trinajstić information content (AvgIpc) is 2.55. The first-order chi connectivity index (χ1) is 11.1. The first kappa shape index (κ1) is 16.6. The molecule has 0 fully saturated rings. The van der Waals surface area contributed by atoms with Crippen molar-refractivity contribution in [2.75, 3.05) is 12.3 Å². The second-order valence-electron chi connectivity index (χ2n) is 4.47. The molecular formula is C16H15ClN4O2. The normalized spacial score (nSPS) is 9.61. The number of rotatable bonds is 4. The molecule has 2 rings (SSSR count). The number of nitrogens with zero attached hydrogens (tertiary/aromatic N) is 2. The minimum atomic E-state index is -0.485. The summed E-state index contributed by atoms with van der Waals surface area (Å²) in [7, 11) is 0.